The standard InChI is InChI=1S/C15H27N3O5/c1-4-22-14(20)16-8-11-18(12(3)19)13-6-9-17(10-7-13)15(21)23-5-2/h13H,4-11H2,1-3H3,(H,16,20). The first kappa shape index (κ1) is 19.1. The van der Waals surface area contributed by atoms with Crippen LogP contribution in [-0.2, 0) is 14.3 Å². The SMILES string of the molecule is CCOC(=O)NCCN(C(C)=O)C1CCN(C(=O)OCC)CC1. The van der Waals surface area contributed by atoms with E-state index in [4.69, 9.17) is 9.47 Å². The number of carbonyl (C=O) groups excluding carboxylic acids is 3. The maximum atomic E-state index is 11.8. The minimum atomic E-state index is -0.479. The second kappa shape index (κ2) is 9.91. The fraction of sp³-hybridized carbons (Fsp3) is 0.800. The second-order valence-electron chi connectivity index (χ2n) is 5.28. The topological polar surface area (TPSA) is 88.2 Å². The highest BCUT2D eigenvalue weighted by Crippen LogP contribution is 2.17. The van der Waals surface area contributed by atoms with E-state index in [1.165, 1.54) is 6.92 Å². The Morgan fingerprint density at radius 2 is 1.74 bits per heavy atom. The predicted molar refractivity (Wildman–Crippen MR) is 84.0 cm³/mol. The van der Waals surface area contributed by atoms with Gasteiger partial charge in [-0.1, -0.05) is 0 Å². The number of piperidine rings is 1. The molecule has 1 saturated heterocycles. The Morgan fingerprint density at radius 3 is 2.26 bits per heavy atom. The Labute approximate surface area is 137 Å². The Balaban J connectivity index is 2.42. The minimum absolute atomic E-state index is 0.0368. The molecule has 0 unspecified atom stereocenters. The van der Waals surface area contributed by atoms with Crippen molar-refractivity contribution in [2.75, 3.05) is 39.4 Å². The van der Waals surface area contributed by atoms with E-state index < -0.39 is 6.09 Å². The van der Waals surface area contributed by atoms with Crippen molar-refractivity contribution in [3.05, 3.63) is 0 Å². The number of likely N-dealkylation sites (tertiary alicyclic amines) is 1. The Morgan fingerprint density at radius 1 is 1.13 bits per heavy atom. The molecule has 23 heavy (non-hydrogen) atoms. The first-order valence-electron chi connectivity index (χ1n) is 8.09. The number of hydrogen-bond donors (Lipinski definition) is 1. The van der Waals surface area contributed by atoms with Gasteiger partial charge in [-0.2, -0.15) is 0 Å². The predicted octanol–water partition coefficient (Wildman–Crippen LogP) is 1.20. The highest BCUT2D eigenvalue weighted by molar-refractivity contribution is 5.74. The van der Waals surface area contributed by atoms with E-state index in [9.17, 15) is 14.4 Å². The molecule has 1 heterocycles. The van der Waals surface area contributed by atoms with Gasteiger partial charge in [-0.3, -0.25) is 4.79 Å². The highest BCUT2D eigenvalue weighted by Gasteiger charge is 2.28. The third-order valence-corrected chi connectivity index (χ3v) is 3.73. The molecule has 0 aromatic heterocycles. The fourth-order valence-electron chi connectivity index (χ4n) is 2.63. The lowest BCUT2D eigenvalue weighted by Gasteiger charge is -2.37. The van der Waals surface area contributed by atoms with Crippen molar-refractivity contribution in [1.82, 2.24) is 15.1 Å². The van der Waals surface area contributed by atoms with Gasteiger partial charge in [0.25, 0.3) is 0 Å². The van der Waals surface area contributed by atoms with Gasteiger partial charge >= 0.3 is 12.2 Å². The van der Waals surface area contributed by atoms with E-state index in [1.807, 2.05) is 0 Å². The number of ether oxygens (including phenoxy) is 2. The molecule has 0 aromatic carbocycles. The van der Waals surface area contributed by atoms with Crippen LogP contribution >= 0.6 is 0 Å². The van der Waals surface area contributed by atoms with Crippen molar-refractivity contribution in [1.29, 1.82) is 0 Å². The summed E-state index contributed by atoms with van der Waals surface area (Å²) in [4.78, 5) is 38.2. The molecule has 1 aliphatic heterocycles. The normalized spacial score (nSPS) is 15.0. The van der Waals surface area contributed by atoms with Crippen molar-refractivity contribution in [3.8, 4) is 0 Å². The van der Waals surface area contributed by atoms with Crippen LogP contribution in [0.5, 0.6) is 0 Å². The summed E-state index contributed by atoms with van der Waals surface area (Å²) in [6.45, 7) is 7.61. The van der Waals surface area contributed by atoms with Gasteiger partial charge in [0, 0.05) is 39.1 Å². The summed E-state index contributed by atoms with van der Waals surface area (Å²) in [6, 6.07) is 0.0715. The molecule has 1 fully saturated rings. The molecule has 0 aromatic rings. The van der Waals surface area contributed by atoms with Crippen LogP contribution in [0.3, 0.4) is 0 Å². The summed E-state index contributed by atoms with van der Waals surface area (Å²) in [6.07, 6.45) is 0.632. The lowest BCUT2D eigenvalue weighted by molar-refractivity contribution is -0.131. The average Bonchev–Trinajstić information content (AvgIpc) is 2.52. The van der Waals surface area contributed by atoms with E-state index in [-0.39, 0.29) is 18.0 Å². The Hall–Kier alpha value is -1.99. The molecule has 0 radical (unpaired) electrons. The van der Waals surface area contributed by atoms with Gasteiger partial charge in [-0.25, -0.2) is 9.59 Å². The molecule has 0 atom stereocenters. The smallest absolute Gasteiger partial charge is 0.409 e. The average molecular weight is 329 g/mol. The summed E-state index contributed by atoms with van der Waals surface area (Å²) >= 11 is 0. The quantitative estimate of drug-likeness (QED) is 0.791. The van der Waals surface area contributed by atoms with Crippen molar-refractivity contribution in [2.45, 2.75) is 39.7 Å². The number of alkyl carbamates (subject to hydrolysis) is 1. The summed E-state index contributed by atoms with van der Waals surface area (Å²) in [5, 5.41) is 2.61. The molecule has 0 saturated carbocycles. The van der Waals surface area contributed by atoms with Gasteiger partial charge in [0.05, 0.1) is 13.2 Å². The summed E-state index contributed by atoms with van der Waals surface area (Å²) in [5.74, 6) is -0.0368. The minimum Gasteiger partial charge on any atom is -0.450 e. The molecule has 0 spiro atoms. The molecule has 132 valence electrons. The molecular weight excluding hydrogens is 302 g/mol. The molecule has 1 aliphatic rings. The molecule has 8 heteroatoms. The van der Waals surface area contributed by atoms with E-state index in [0.717, 1.165) is 0 Å². The lowest BCUT2D eigenvalue weighted by Crippen LogP contribution is -2.50. The zero-order valence-corrected chi connectivity index (χ0v) is 14.2. The van der Waals surface area contributed by atoms with Crippen LogP contribution in [0.15, 0.2) is 0 Å². The zero-order chi connectivity index (χ0) is 17.2. The van der Waals surface area contributed by atoms with Gasteiger partial charge in [-0.15, -0.1) is 0 Å². The van der Waals surface area contributed by atoms with Crippen LogP contribution in [0.2, 0.25) is 0 Å². The van der Waals surface area contributed by atoms with E-state index in [2.05, 4.69) is 5.32 Å². The zero-order valence-electron chi connectivity index (χ0n) is 14.2. The second-order valence-corrected chi connectivity index (χ2v) is 5.28. The first-order chi connectivity index (χ1) is 11.0. The Bertz CT molecular complexity index is 408. The number of nitrogens with one attached hydrogen (secondary N) is 1. The van der Waals surface area contributed by atoms with Gasteiger partial charge in [-0.05, 0) is 26.7 Å². The monoisotopic (exact) mass is 329 g/mol. The summed E-state index contributed by atoms with van der Waals surface area (Å²) < 4.78 is 9.77. The van der Waals surface area contributed by atoms with Crippen molar-refractivity contribution < 1.29 is 23.9 Å². The van der Waals surface area contributed by atoms with Gasteiger partial charge < -0.3 is 24.6 Å². The van der Waals surface area contributed by atoms with E-state index in [1.54, 1.807) is 23.6 Å². The van der Waals surface area contributed by atoms with E-state index >= 15 is 0 Å². The molecular formula is C15H27N3O5. The molecule has 0 bridgehead atoms. The van der Waals surface area contributed by atoms with Crippen molar-refractivity contribution in [2.24, 2.45) is 0 Å². The summed E-state index contributed by atoms with van der Waals surface area (Å²) in [5.41, 5.74) is 0. The molecule has 3 amide bonds. The fourth-order valence-corrected chi connectivity index (χ4v) is 2.63. The number of carbonyl (C=O) groups is 3. The lowest BCUT2D eigenvalue weighted by atomic mass is 10.0. The molecule has 1 N–H and O–H groups in total. The van der Waals surface area contributed by atoms with Gasteiger partial charge in [0.2, 0.25) is 5.91 Å². The number of nitrogens with zero attached hydrogens (tertiary/aromatic N) is 2. The van der Waals surface area contributed by atoms with Crippen LogP contribution in [0, 0.1) is 0 Å². The van der Waals surface area contributed by atoms with E-state index in [0.29, 0.717) is 52.2 Å². The molecule has 1 rings (SSSR count). The van der Waals surface area contributed by atoms with Crippen LogP contribution < -0.4 is 5.32 Å². The highest BCUT2D eigenvalue weighted by atomic mass is 16.6. The molecule has 8 nitrogen and oxygen atoms in total. The number of rotatable bonds is 6. The Kier molecular flexibility index (Phi) is 8.21. The first-order valence-corrected chi connectivity index (χ1v) is 8.09. The van der Waals surface area contributed by atoms with Crippen LogP contribution in [0.1, 0.15) is 33.6 Å². The van der Waals surface area contributed by atoms with Crippen molar-refractivity contribution in [3.63, 3.8) is 0 Å². The van der Waals surface area contributed by atoms with Crippen LogP contribution in [-0.4, -0.2) is 73.3 Å². The maximum Gasteiger partial charge on any atom is 0.409 e. The van der Waals surface area contributed by atoms with Crippen LogP contribution in [0.4, 0.5) is 9.59 Å². The van der Waals surface area contributed by atoms with Crippen LogP contribution in [0.25, 0.3) is 0 Å². The maximum absolute atomic E-state index is 11.8. The van der Waals surface area contributed by atoms with Gasteiger partial charge in [0.1, 0.15) is 0 Å². The number of amides is 3. The third kappa shape index (κ3) is 6.33. The van der Waals surface area contributed by atoms with Gasteiger partial charge in [0.15, 0.2) is 0 Å². The largest absolute Gasteiger partial charge is 0.450 e. The number of hydrogen-bond acceptors (Lipinski definition) is 5. The third-order valence-electron chi connectivity index (χ3n) is 3.73. The summed E-state index contributed by atoms with van der Waals surface area (Å²) in [7, 11) is 0. The molecule has 0 aliphatic carbocycles. The van der Waals surface area contributed by atoms with Crippen molar-refractivity contribution >= 4 is 18.1 Å².